The molecule has 2 atom stereocenters. The largest absolute Gasteiger partial charge is 0.481 e. The van der Waals surface area contributed by atoms with Crippen LogP contribution in [-0.2, 0) is 10.5 Å². The number of nitrogens with zero attached hydrogens (tertiary/aromatic N) is 1. The molecular formula is C10H8FNO4. The van der Waals surface area contributed by atoms with Gasteiger partial charge in [0.15, 0.2) is 0 Å². The summed E-state index contributed by atoms with van der Waals surface area (Å²) in [7, 11) is 0. The number of benzene rings is 1. The van der Waals surface area contributed by atoms with E-state index in [0.29, 0.717) is 0 Å². The minimum atomic E-state index is -1.86. The van der Waals surface area contributed by atoms with E-state index in [1.807, 2.05) is 0 Å². The Labute approximate surface area is 89.7 Å². The Balaban J connectivity index is 2.24. The second-order valence-electron chi connectivity index (χ2n) is 3.76. The highest BCUT2D eigenvalue weighted by molar-refractivity contribution is 5.76. The zero-order valence-corrected chi connectivity index (χ0v) is 8.09. The van der Waals surface area contributed by atoms with Crippen molar-refractivity contribution in [3.8, 4) is 0 Å². The first kappa shape index (κ1) is 10.5. The number of hydrogen-bond donors (Lipinski definition) is 1. The average molecular weight is 225 g/mol. The van der Waals surface area contributed by atoms with Gasteiger partial charge in [-0.25, -0.2) is 4.39 Å². The fraction of sp³-hybridized carbons (Fsp3) is 0.300. The van der Waals surface area contributed by atoms with E-state index >= 15 is 0 Å². The lowest BCUT2D eigenvalue weighted by Crippen LogP contribution is -2.09. The molecule has 1 aromatic rings. The van der Waals surface area contributed by atoms with E-state index < -0.39 is 22.5 Å². The Hall–Kier alpha value is -1.98. The molecule has 0 radical (unpaired) electrons. The van der Waals surface area contributed by atoms with Crippen molar-refractivity contribution in [1.82, 2.24) is 0 Å². The van der Waals surface area contributed by atoms with Crippen molar-refractivity contribution in [3.05, 3.63) is 39.9 Å². The van der Waals surface area contributed by atoms with Gasteiger partial charge in [-0.05, 0) is 17.7 Å². The maximum Gasteiger partial charge on any atom is 0.310 e. The number of nitro groups is 1. The highest BCUT2D eigenvalue weighted by atomic mass is 19.1. The van der Waals surface area contributed by atoms with Crippen LogP contribution in [0.5, 0.6) is 0 Å². The molecule has 0 bridgehead atoms. The molecule has 0 amide bonds. The standard InChI is InChI=1S/C10H8FNO4/c11-10(5-8(10)9(13)14)6-1-3-7(4-2-6)12(15)16/h1-4,8H,5H2,(H,13,14)/t8-,10+/m1/s1. The van der Waals surface area contributed by atoms with Crippen LogP contribution in [0.25, 0.3) is 0 Å². The highest BCUT2D eigenvalue weighted by Gasteiger charge is 2.61. The minimum Gasteiger partial charge on any atom is -0.481 e. The van der Waals surface area contributed by atoms with Crippen LogP contribution in [0.3, 0.4) is 0 Å². The number of aliphatic carboxylic acids is 1. The van der Waals surface area contributed by atoms with E-state index in [1.165, 1.54) is 24.3 Å². The summed E-state index contributed by atoms with van der Waals surface area (Å²) in [6.45, 7) is 0. The Bertz CT molecular complexity index is 458. The molecule has 1 aliphatic carbocycles. The number of nitro benzene ring substituents is 1. The molecule has 1 aliphatic rings. The molecule has 1 fully saturated rings. The molecule has 16 heavy (non-hydrogen) atoms. The molecule has 1 saturated carbocycles. The first-order valence-electron chi connectivity index (χ1n) is 4.62. The first-order chi connectivity index (χ1) is 7.45. The molecule has 0 aromatic heterocycles. The normalized spacial score (nSPS) is 27.4. The Kier molecular flexibility index (Phi) is 2.15. The Morgan fingerprint density at radius 2 is 2.06 bits per heavy atom. The molecule has 5 nitrogen and oxygen atoms in total. The summed E-state index contributed by atoms with van der Waals surface area (Å²) in [5.41, 5.74) is -1.81. The van der Waals surface area contributed by atoms with Crippen LogP contribution in [0.2, 0.25) is 0 Å². The van der Waals surface area contributed by atoms with Crippen LogP contribution in [0, 0.1) is 16.0 Å². The van der Waals surface area contributed by atoms with Crippen molar-refractivity contribution < 1.29 is 19.2 Å². The summed E-state index contributed by atoms with van der Waals surface area (Å²) >= 11 is 0. The molecule has 0 heterocycles. The third-order valence-electron chi connectivity index (χ3n) is 2.75. The number of carboxylic acids is 1. The summed E-state index contributed by atoms with van der Waals surface area (Å²) in [5, 5.41) is 19.0. The van der Waals surface area contributed by atoms with Crippen LogP contribution in [0.15, 0.2) is 24.3 Å². The third kappa shape index (κ3) is 1.52. The van der Waals surface area contributed by atoms with Crippen LogP contribution < -0.4 is 0 Å². The van der Waals surface area contributed by atoms with Crippen LogP contribution in [-0.4, -0.2) is 16.0 Å². The fourth-order valence-electron chi connectivity index (χ4n) is 1.70. The van der Waals surface area contributed by atoms with E-state index in [0.717, 1.165) is 0 Å². The predicted molar refractivity (Wildman–Crippen MR) is 51.6 cm³/mol. The highest BCUT2D eigenvalue weighted by Crippen LogP contribution is 2.55. The van der Waals surface area contributed by atoms with Gasteiger partial charge in [0, 0.05) is 18.6 Å². The maximum atomic E-state index is 13.9. The SMILES string of the molecule is O=C(O)[C@H]1C[C@]1(F)c1ccc([N+](=O)[O-])cc1. The predicted octanol–water partition coefficient (Wildman–Crippen LogP) is 1.86. The van der Waals surface area contributed by atoms with Crippen molar-refractivity contribution in [1.29, 1.82) is 0 Å². The lowest BCUT2D eigenvalue weighted by molar-refractivity contribution is -0.384. The molecule has 0 unspecified atom stereocenters. The van der Waals surface area contributed by atoms with Crippen LogP contribution in [0.1, 0.15) is 12.0 Å². The van der Waals surface area contributed by atoms with Gasteiger partial charge in [0.05, 0.1) is 10.8 Å². The summed E-state index contributed by atoms with van der Waals surface area (Å²) in [5.74, 6) is -2.21. The van der Waals surface area contributed by atoms with Crippen molar-refractivity contribution in [2.75, 3.05) is 0 Å². The molecule has 0 saturated heterocycles. The first-order valence-corrected chi connectivity index (χ1v) is 4.62. The van der Waals surface area contributed by atoms with Crippen LogP contribution >= 0.6 is 0 Å². The van der Waals surface area contributed by atoms with Crippen LogP contribution in [0.4, 0.5) is 10.1 Å². The van der Waals surface area contributed by atoms with Gasteiger partial charge in [-0.1, -0.05) is 0 Å². The van der Waals surface area contributed by atoms with Gasteiger partial charge in [0.1, 0.15) is 5.67 Å². The zero-order valence-electron chi connectivity index (χ0n) is 8.09. The number of halogens is 1. The van der Waals surface area contributed by atoms with Gasteiger partial charge < -0.3 is 5.11 Å². The smallest absolute Gasteiger partial charge is 0.310 e. The van der Waals surface area contributed by atoms with E-state index in [2.05, 4.69) is 0 Å². The van der Waals surface area contributed by atoms with Gasteiger partial charge in [-0.3, -0.25) is 14.9 Å². The van der Waals surface area contributed by atoms with E-state index in [9.17, 15) is 19.3 Å². The number of non-ortho nitro benzene ring substituents is 1. The topological polar surface area (TPSA) is 80.4 Å². The number of carboxylic acid groups (broad SMARTS) is 1. The summed E-state index contributed by atoms with van der Waals surface area (Å²) in [4.78, 5) is 20.4. The number of hydrogen-bond acceptors (Lipinski definition) is 3. The third-order valence-corrected chi connectivity index (χ3v) is 2.75. The molecule has 0 spiro atoms. The fourth-order valence-corrected chi connectivity index (χ4v) is 1.70. The minimum absolute atomic E-state index is 0.0693. The maximum absolute atomic E-state index is 13.9. The Morgan fingerprint density at radius 1 is 1.50 bits per heavy atom. The van der Waals surface area contributed by atoms with Crippen molar-refractivity contribution >= 4 is 11.7 Å². The molecule has 84 valence electrons. The molecule has 2 rings (SSSR count). The van der Waals surface area contributed by atoms with Gasteiger partial charge in [-0.15, -0.1) is 0 Å². The summed E-state index contributed by atoms with van der Waals surface area (Å²) in [6.07, 6.45) is -0.0693. The second-order valence-corrected chi connectivity index (χ2v) is 3.76. The molecule has 1 N–H and O–H groups in total. The van der Waals surface area contributed by atoms with Gasteiger partial charge in [-0.2, -0.15) is 0 Å². The van der Waals surface area contributed by atoms with Gasteiger partial charge >= 0.3 is 5.97 Å². The summed E-state index contributed by atoms with van der Waals surface area (Å²) in [6, 6.07) is 4.88. The number of alkyl halides is 1. The zero-order chi connectivity index (χ0) is 11.9. The van der Waals surface area contributed by atoms with E-state index in [1.54, 1.807) is 0 Å². The summed E-state index contributed by atoms with van der Waals surface area (Å²) < 4.78 is 13.9. The number of carbonyl (C=O) groups is 1. The van der Waals surface area contributed by atoms with Crippen molar-refractivity contribution in [2.24, 2.45) is 5.92 Å². The Morgan fingerprint density at radius 3 is 2.44 bits per heavy atom. The number of rotatable bonds is 3. The average Bonchev–Trinajstić information content (AvgIpc) is 2.93. The van der Waals surface area contributed by atoms with Crippen molar-refractivity contribution in [3.63, 3.8) is 0 Å². The van der Waals surface area contributed by atoms with E-state index in [4.69, 9.17) is 5.11 Å². The molecule has 1 aromatic carbocycles. The van der Waals surface area contributed by atoms with Gasteiger partial charge in [0.2, 0.25) is 0 Å². The second kappa shape index (κ2) is 3.26. The quantitative estimate of drug-likeness (QED) is 0.628. The molecule has 6 heteroatoms. The van der Waals surface area contributed by atoms with Crippen molar-refractivity contribution in [2.45, 2.75) is 12.1 Å². The van der Waals surface area contributed by atoms with Gasteiger partial charge in [0.25, 0.3) is 5.69 Å². The monoisotopic (exact) mass is 225 g/mol. The lowest BCUT2D eigenvalue weighted by Gasteiger charge is -2.05. The molecular weight excluding hydrogens is 217 g/mol. The molecule has 0 aliphatic heterocycles. The van der Waals surface area contributed by atoms with E-state index in [-0.39, 0.29) is 17.7 Å². The lowest BCUT2D eigenvalue weighted by atomic mass is 10.1.